The molecular weight excluding hydrogens is 272 g/mol. The van der Waals surface area contributed by atoms with Crippen LogP contribution < -0.4 is 0 Å². The van der Waals surface area contributed by atoms with E-state index in [-0.39, 0.29) is 4.90 Å². The van der Waals surface area contributed by atoms with Crippen LogP contribution in [0, 0.1) is 0 Å². The third kappa shape index (κ3) is 2.07. The lowest BCUT2D eigenvalue weighted by molar-refractivity contribution is 0.182. The smallest absolute Gasteiger partial charge is 0.187 e. The second-order valence-corrected chi connectivity index (χ2v) is 6.86. The molecule has 2 aromatic carbocycles. The summed E-state index contributed by atoms with van der Waals surface area (Å²) < 4.78 is 25.2. The molecule has 3 rings (SSSR count). The zero-order valence-electron chi connectivity index (χ0n) is 10.7. The van der Waals surface area contributed by atoms with Gasteiger partial charge in [-0.1, -0.05) is 54.6 Å². The van der Waals surface area contributed by atoms with Crippen molar-refractivity contribution in [3.05, 3.63) is 71.8 Å². The molecule has 3 nitrogen and oxygen atoms in total. The van der Waals surface area contributed by atoms with E-state index in [0.29, 0.717) is 5.56 Å². The quantitative estimate of drug-likeness (QED) is 0.923. The molecule has 0 fully saturated rings. The van der Waals surface area contributed by atoms with Crippen molar-refractivity contribution < 1.29 is 13.5 Å². The van der Waals surface area contributed by atoms with Gasteiger partial charge in [-0.25, -0.2) is 8.42 Å². The maximum atomic E-state index is 12.6. The van der Waals surface area contributed by atoms with Gasteiger partial charge in [0.25, 0.3) is 0 Å². The van der Waals surface area contributed by atoms with Crippen LogP contribution in [0.5, 0.6) is 0 Å². The molecule has 0 saturated heterocycles. The van der Waals surface area contributed by atoms with Crippen molar-refractivity contribution in [1.82, 2.24) is 0 Å². The molecule has 0 bridgehead atoms. The van der Waals surface area contributed by atoms with Crippen LogP contribution in [0.3, 0.4) is 0 Å². The van der Waals surface area contributed by atoms with Crippen molar-refractivity contribution in [3.8, 4) is 0 Å². The average Bonchev–Trinajstić information content (AvgIpc) is 2.48. The number of fused-ring (bicyclic) bond motifs is 1. The van der Waals surface area contributed by atoms with Crippen molar-refractivity contribution in [2.75, 3.05) is 0 Å². The van der Waals surface area contributed by atoms with Crippen molar-refractivity contribution in [2.45, 2.75) is 16.2 Å². The number of sulfone groups is 1. The summed E-state index contributed by atoms with van der Waals surface area (Å²) in [6.45, 7) is 0. The average molecular weight is 286 g/mol. The van der Waals surface area contributed by atoms with Crippen LogP contribution in [0.15, 0.2) is 65.6 Å². The molecule has 4 heteroatoms. The molecule has 0 aliphatic heterocycles. The van der Waals surface area contributed by atoms with E-state index in [9.17, 15) is 13.5 Å². The molecule has 0 heterocycles. The van der Waals surface area contributed by atoms with Crippen LogP contribution in [0.25, 0.3) is 6.08 Å². The molecule has 1 aliphatic carbocycles. The van der Waals surface area contributed by atoms with Crippen LogP contribution >= 0.6 is 0 Å². The van der Waals surface area contributed by atoms with E-state index >= 15 is 0 Å². The highest BCUT2D eigenvalue weighted by Gasteiger charge is 2.35. The fourth-order valence-corrected chi connectivity index (χ4v) is 4.08. The standard InChI is InChI=1S/C16H14O3S/c17-16-14-9-5-4-6-12(14)10-11-15(16)20(18,19)13-7-2-1-3-8-13/h1-11,15-17H/t15-,16-/m1/s1. The van der Waals surface area contributed by atoms with E-state index in [1.54, 1.807) is 54.6 Å². The van der Waals surface area contributed by atoms with Gasteiger partial charge in [0.15, 0.2) is 9.84 Å². The fraction of sp³-hybridized carbons (Fsp3) is 0.125. The molecule has 0 aromatic heterocycles. The predicted molar refractivity (Wildman–Crippen MR) is 77.9 cm³/mol. The maximum absolute atomic E-state index is 12.6. The van der Waals surface area contributed by atoms with Gasteiger partial charge in [-0.05, 0) is 23.3 Å². The molecule has 0 unspecified atom stereocenters. The highest BCUT2D eigenvalue weighted by Crippen LogP contribution is 2.34. The van der Waals surface area contributed by atoms with Crippen LogP contribution in [-0.2, 0) is 9.84 Å². The molecule has 2 atom stereocenters. The Balaban J connectivity index is 2.06. The minimum Gasteiger partial charge on any atom is -0.387 e. The van der Waals surface area contributed by atoms with Crippen LogP contribution in [0.4, 0.5) is 0 Å². The maximum Gasteiger partial charge on any atom is 0.187 e. The van der Waals surface area contributed by atoms with Crippen molar-refractivity contribution in [2.24, 2.45) is 0 Å². The number of hydrogen-bond acceptors (Lipinski definition) is 3. The van der Waals surface area contributed by atoms with Gasteiger partial charge in [0.05, 0.1) is 4.90 Å². The molecule has 20 heavy (non-hydrogen) atoms. The molecule has 1 aliphatic rings. The van der Waals surface area contributed by atoms with E-state index in [1.807, 2.05) is 12.1 Å². The molecule has 102 valence electrons. The lowest BCUT2D eigenvalue weighted by Gasteiger charge is -2.25. The van der Waals surface area contributed by atoms with Crippen LogP contribution in [0.1, 0.15) is 17.2 Å². The van der Waals surface area contributed by atoms with Crippen molar-refractivity contribution in [3.63, 3.8) is 0 Å². The number of rotatable bonds is 2. The number of benzene rings is 2. The first kappa shape index (κ1) is 13.1. The molecule has 0 amide bonds. The summed E-state index contributed by atoms with van der Waals surface area (Å²) in [5.74, 6) is 0. The Morgan fingerprint density at radius 1 is 0.900 bits per heavy atom. The topological polar surface area (TPSA) is 54.4 Å². The summed E-state index contributed by atoms with van der Waals surface area (Å²) in [6.07, 6.45) is 2.28. The third-order valence-corrected chi connectivity index (χ3v) is 5.58. The Labute approximate surface area is 118 Å². The van der Waals surface area contributed by atoms with E-state index in [0.717, 1.165) is 5.56 Å². The fourth-order valence-electron chi connectivity index (χ4n) is 2.45. The van der Waals surface area contributed by atoms with Crippen molar-refractivity contribution in [1.29, 1.82) is 0 Å². The van der Waals surface area contributed by atoms with Gasteiger partial charge in [0.2, 0.25) is 0 Å². The lowest BCUT2D eigenvalue weighted by atomic mass is 9.95. The Morgan fingerprint density at radius 3 is 2.30 bits per heavy atom. The molecule has 0 radical (unpaired) electrons. The monoisotopic (exact) mass is 286 g/mol. The van der Waals surface area contributed by atoms with Gasteiger partial charge in [0.1, 0.15) is 11.4 Å². The minimum atomic E-state index is -3.59. The Morgan fingerprint density at radius 2 is 1.55 bits per heavy atom. The number of aliphatic hydroxyl groups is 1. The van der Waals surface area contributed by atoms with Gasteiger partial charge >= 0.3 is 0 Å². The molecule has 0 spiro atoms. The summed E-state index contributed by atoms with van der Waals surface area (Å²) in [7, 11) is -3.59. The normalized spacial score (nSPS) is 21.4. The molecule has 1 N–H and O–H groups in total. The largest absolute Gasteiger partial charge is 0.387 e. The summed E-state index contributed by atoms with van der Waals surface area (Å²) in [5, 5.41) is 9.44. The first-order chi connectivity index (χ1) is 9.60. The van der Waals surface area contributed by atoms with Gasteiger partial charge < -0.3 is 5.11 Å². The first-order valence-corrected chi connectivity index (χ1v) is 7.89. The molecule has 0 saturated carbocycles. The van der Waals surface area contributed by atoms with Crippen LogP contribution in [0.2, 0.25) is 0 Å². The SMILES string of the molecule is O=S(=O)(c1ccccc1)[C@@H]1C=Cc2ccccc2[C@H]1O. The van der Waals surface area contributed by atoms with E-state index < -0.39 is 21.2 Å². The zero-order valence-corrected chi connectivity index (χ0v) is 11.5. The second-order valence-electron chi connectivity index (χ2n) is 4.76. The Bertz CT molecular complexity index is 748. The summed E-state index contributed by atoms with van der Waals surface area (Å²) in [5.41, 5.74) is 1.51. The third-order valence-electron chi connectivity index (χ3n) is 3.52. The highest BCUT2D eigenvalue weighted by atomic mass is 32.2. The summed E-state index contributed by atoms with van der Waals surface area (Å²) >= 11 is 0. The first-order valence-electron chi connectivity index (χ1n) is 6.35. The van der Waals surface area contributed by atoms with E-state index in [1.165, 1.54) is 0 Å². The summed E-state index contributed by atoms with van der Waals surface area (Å²) in [6, 6.07) is 15.5. The van der Waals surface area contributed by atoms with Gasteiger partial charge in [-0.15, -0.1) is 0 Å². The number of hydrogen-bond donors (Lipinski definition) is 1. The Hall–Kier alpha value is -1.91. The minimum absolute atomic E-state index is 0.230. The van der Waals surface area contributed by atoms with Crippen molar-refractivity contribution >= 4 is 15.9 Å². The highest BCUT2D eigenvalue weighted by molar-refractivity contribution is 7.92. The molecule has 2 aromatic rings. The van der Waals surface area contributed by atoms with Crippen LogP contribution in [-0.4, -0.2) is 18.8 Å². The second kappa shape index (κ2) is 4.89. The Kier molecular flexibility index (Phi) is 3.20. The van der Waals surface area contributed by atoms with Gasteiger partial charge in [0, 0.05) is 0 Å². The van der Waals surface area contributed by atoms with Gasteiger partial charge in [-0.2, -0.15) is 0 Å². The lowest BCUT2D eigenvalue weighted by Crippen LogP contribution is -2.29. The summed E-state index contributed by atoms with van der Waals surface area (Å²) in [4.78, 5) is 0.230. The molecular formula is C16H14O3S. The van der Waals surface area contributed by atoms with E-state index in [4.69, 9.17) is 0 Å². The predicted octanol–water partition coefficient (Wildman–Crippen LogP) is 2.59. The number of aliphatic hydroxyl groups excluding tert-OH is 1. The van der Waals surface area contributed by atoms with E-state index in [2.05, 4.69) is 0 Å². The van der Waals surface area contributed by atoms with Gasteiger partial charge in [-0.3, -0.25) is 0 Å². The zero-order chi connectivity index (χ0) is 14.2.